The predicted octanol–water partition coefficient (Wildman–Crippen LogP) is 1.92. The van der Waals surface area contributed by atoms with Crippen molar-refractivity contribution in [1.82, 2.24) is 9.80 Å². The Balaban J connectivity index is 2.63. The fourth-order valence-electron chi connectivity index (χ4n) is 2.86. The van der Waals surface area contributed by atoms with Crippen LogP contribution in [0.15, 0.2) is 0 Å². The second-order valence-corrected chi connectivity index (χ2v) is 6.10. The van der Waals surface area contributed by atoms with Gasteiger partial charge in [-0.3, -0.25) is 4.79 Å². The van der Waals surface area contributed by atoms with Gasteiger partial charge in [0.15, 0.2) is 0 Å². The first kappa shape index (κ1) is 17.8. The SMILES string of the molecule is CC(C)N(CCCC(=O)O)C(=O)N(C)C1CCCCC1O. The van der Waals surface area contributed by atoms with Crippen LogP contribution in [-0.2, 0) is 4.79 Å². The molecule has 0 aromatic carbocycles. The topological polar surface area (TPSA) is 81.1 Å². The van der Waals surface area contributed by atoms with Crippen LogP contribution in [0, 0.1) is 0 Å². The largest absolute Gasteiger partial charge is 0.481 e. The minimum absolute atomic E-state index is 0.00878. The summed E-state index contributed by atoms with van der Waals surface area (Å²) in [6.07, 6.45) is 3.65. The highest BCUT2D eigenvalue weighted by atomic mass is 16.4. The van der Waals surface area contributed by atoms with E-state index in [9.17, 15) is 14.7 Å². The number of urea groups is 1. The third-order valence-electron chi connectivity index (χ3n) is 4.15. The molecular formula is C15H28N2O4. The van der Waals surface area contributed by atoms with E-state index in [0.29, 0.717) is 13.0 Å². The van der Waals surface area contributed by atoms with Crippen LogP contribution in [0.3, 0.4) is 0 Å². The highest BCUT2D eigenvalue weighted by Gasteiger charge is 2.32. The lowest BCUT2D eigenvalue weighted by atomic mass is 9.92. The van der Waals surface area contributed by atoms with Crippen molar-refractivity contribution in [2.24, 2.45) is 0 Å². The van der Waals surface area contributed by atoms with E-state index in [1.165, 1.54) is 0 Å². The van der Waals surface area contributed by atoms with Crippen LogP contribution in [0.2, 0.25) is 0 Å². The van der Waals surface area contributed by atoms with Crippen molar-refractivity contribution in [3.8, 4) is 0 Å². The molecule has 1 aliphatic carbocycles. The Morgan fingerprint density at radius 2 is 1.86 bits per heavy atom. The molecule has 2 N–H and O–H groups in total. The Morgan fingerprint density at radius 3 is 2.38 bits per heavy atom. The lowest BCUT2D eigenvalue weighted by Crippen LogP contribution is -2.53. The van der Waals surface area contributed by atoms with Gasteiger partial charge >= 0.3 is 12.0 Å². The molecule has 0 aliphatic heterocycles. The molecule has 0 aromatic heterocycles. The molecular weight excluding hydrogens is 272 g/mol. The standard InChI is InChI=1S/C15H28N2O4/c1-11(2)17(10-6-9-14(19)20)15(21)16(3)12-7-4-5-8-13(12)18/h11-13,18H,4-10H2,1-3H3,(H,19,20). The fraction of sp³-hybridized carbons (Fsp3) is 0.867. The van der Waals surface area contributed by atoms with Crippen LogP contribution in [0.1, 0.15) is 52.4 Å². The molecule has 1 rings (SSSR count). The van der Waals surface area contributed by atoms with Crippen LogP contribution in [0.25, 0.3) is 0 Å². The molecule has 0 spiro atoms. The summed E-state index contributed by atoms with van der Waals surface area (Å²) < 4.78 is 0. The fourth-order valence-corrected chi connectivity index (χ4v) is 2.86. The summed E-state index contributed by atoms with van der Waals surface area (Å²) in [5.41, 5.74) is 0. The number of aliphatic carboxylic acids is 1. The highest BCUT2D eigenvalue weighted by molar-refractivity contribution is 5.75. The van der Waals surface area contributed by atoms with Crippen LogP contribution in [0.4, 0.5) is 4.79 Å². The van der Waals surface area contributed by atoms with Crippen LogP contribution in [0.5, 0.6) is 0 Å². The Bertz CT molecular complexity index is 360. The highest BCUT2D eigenvalue weighted by Crippen LogP contribution is 2.23. The summed E-state index contributed by atoms with van der Waals surface area (Å²) in [5.74, 6) is -0.845. The molecule has 6 heteroatoms. The Labute approximate surface area is 126 Å². The quantitative estimate of drug-likeness (QED) is 0.785. The van der Waals surface area contributed by atoms with Gasteiger partial charge in [-0.05, 0) is 33.1 Å². The van der Waals surface area contributed by atoms with E-state index in [1.54, 1.807) is 16.8 Å². The van der Waals surface area contributed by atoms with E-state index < -0.39 is 12.1 Å². The number of hydrogen-bond acceptors (Lipinski definition) is 3. The second-order valence-electron chi connectivity index (χ2n) is 6.10. The molecule has 0 radical (unpaired) electrons. The summed E-state index contributed by atoms with van der Waals surface area (Å²) in [6.45, 7) is 4.27. The van der Waals surface area contributed by atoms with Gasteiger partial charge < -0.3 is 20.0 Å². The lowest BCUT2D eigenvalue weighted by molar-refractivity contribution is -0.137. The Hall–Kier alpha value is -1.30. The molecule has 2 atom stereocenters. The molecule has 122 valence electrons. The van der Waals surface area contributed by atoms with Gasteiger partial charge in [0.25, 0.3) is 0 Å². The van der Waals surface area contributed by atoms with E-state index in [4.69, 9.17) is 5.11 Å². The van der Waals surface area contributed by atoms with Gasteiger partial charge in [-0.2, -0.15) is 0 Å². The monoisotopic (exact) mass is 300 g/mol. The maximum Gasteiger partial charge on any atom is 0.320 e. The number of amides is 2. The molecule has 0 bridgehead atoms. The van der Waals surface area contributed by atoms with Gasteiger partial charge in [0, 0.05) is 26.1 Å². The number of carboxylic acid groups (broad SMARTS) is 1. The summed E-state index contributed by atoms with van der Waals surface area (Å²) in [4.78, 5) is 26.5. The van der Waals surface area contributed by atoms with Gasteiger partial charge in [-0.15, -0.1) is 0 Å². The van der Waals surface area contributed by atoms with E-state index >= 15 is 0 Å². The Morgan fingerprint density at radius 1 is 1.24 bits per heavy atom. The number of rotatable bonds is 6. The van der Waals surface area contributed by atoms with Gasteiger partial charge in [-0.25, -0.2) is 4.79 Å². The van der Waals surface area contributed by atoms with Crippen LogP contribution in [-0.4, -0.2) is 63.8 Å². The summed E-state index contributed by atoms with van der Waals surface area (Å²) in [5, 5.41) is 18.8. The average Bonchev–Trinajstić information content (AvgIpc) is 2.42. The van der Waals surface area contributed by atoms with Crippen LogP contribution >= 0.6 is 0 Å². The maximum atomic E-state index is 12.6. The first-order valence-corrected chi connectivity index (χ1v) is 7.78. The summed E-state index contributed by atoms with van der Waals surface area (Å²) in [7, 11) is 1.73. The van der Waals surface area contributed by atoms with Crippen molar-refractivity contribution >= 4 is 12.0 Å². The molecule has 2 unspecified atom stereocenters. The van der Waals surface area contributed by atoms with Gasteiger partial charge in [0.2, 0.25) is 0 Å². The number of carboxylic acids is 1. The number of aliphatic hydroxyl groups excluding tert-OH is 1. The predicted molar refractivity (Wildman–Crippen MR) is 80.1 cm³/mol. The average molecular weight is 300 g/mol. The van der Waals surface area contributed by atoms with Crippen LogP contribution < -0.4 is 0 Å². The first-order valence-electron chi connectivity index (χ1n) is 7.78. The molecule has 2 amide bonds. The molecule has 0 aromatic rings. The zero-order valence-electron chi connectivity index (χ0n) is 13.3. The Kier molecular flexibility index (Phi) is 6.95. The third-order valence-corrected chi connectivity index (χ3v) is 4.15. The first-order chi connectivity index (χ1) is 9.84. The smallest absolute Gasteiger partial charge is 0.320 e. The number of likely N-dealkylation sites (N-methyl/N-ethyl adjacent to an activating group) is 1. The molecule has 1 fully saturated rings. The normalized spacial score (nSPS) is 22.1. The van der Waals surface area contributed by atoms with Crippen molar-refractivity contribution in [3.05, 3.63) is 0 Å². The second kappa shape index (κ2) is 8.22. The zero-order chi connectivity index (χ0) is 16.0. The van der Waals surface area contributed by atoms with Crippen molar-refractivity contribution in [2.45, 2.75) is 70.6 Å². The molecule has 6 nitrogen and oxygen atoms in total. The van der Waals surface area contributed by atoms with Crippen molar-refractivity contribution in [3.63, 3.8) is 0 Å². The maximum absolute atomic E-state index is 12.6. The van der Waals surface area contributed by atoms with E-state index in [1.807, 2.05) is 13.8 Å². The summed E-state index contributed by atoms with van der Waals surface area (Å²) in [6, 6.07) is -0.247. The van der Waals surface area contributed by atoms with E-state index in [2.05, 4.69) is 0 Å². The summed E-state index contributed by atoms with van der Waals surface area (Å²) >= 11 is 0. The minimum Gasteiger partial charge on any atom is -0.481 e. The minimum atomic E-state index is -0.845. The van der Waals surface area contributed by atoms with Gasteiger partial charge in [-0.1, -0.05) is 12.8 Å². The number of carbonyl (C=O) groups excluding carboxylic acids is 1. The zero-order valence-corrected chi connectivity index (χ0v) is 13.3. The molecule has 21 heavy (non-hydrogen) atoms. The number of nitrogens with zero attached hydrogens (tertiary/aromatic N) is 2. The van der Waals surface area contributed by atoms with Gasteiger partial charge in [0.1, 0.15) is 0 Å². The number of carbonyl (C=O) groups is 2. The lowest BCUT2D eigenvalue weighted by Gasteiger charge is -2.39. The van der Waals surface area contributed by atoms with Crippen molar-refractivity contribution in [2.75, 3.05) is 13.6 Å². The number of aliphatic hydroxyl groups is 1. The molecule has 0 saturated heterocycles. The van der Waals surface area contributed by atoms with Crippen molar-refractivity contribution < 1.29 is 19.8 Å². The molecule has 1 aliphatic rings. The molecule has 1 saturated carbocycles. The third kappa shape index (κ3) is 5.19. The molecule has 0 heterocycles. The van der Waals surface area contributed by atoms with Gasteiger partial charge in [0.05, 0.1) is 12.1 Å². The van der Waals surface area contributed by atoms with E-state index in [0.717, 1.165) is 25.7 Å². The van der Waals surface area contributed by atoms with E-state index in [-0.39, 0.29) is 24.5 Å². The van der Waals surface area contributed by atoms with Crippen molar-refractivity contribution in [1.29, 1.82) is 0 Å². The number of hydrogen-bond donors (Lipinski definition) is 2.